The van der Waals surface area contributed by atoms with E-state index >= 15 is 0 Å². The van der Waals surface area contributed by atoms with E-state index < -0.39 is 0 Å². The number of carbonyl (C=O) groups excluding carboxylic acids is 1. The van der Waals surface area contributed by atoms with Crippen LogP contribution in [-0.2, 0) is 0 Å². The Morgan fingerprint density at radius 3 is 2.57 bits per heavy atom. The predicted molar refractivity (Wildman–Crippen MR) is 104 cm³/mol. The number of benzene rings is 2. The predicted octanol–water partition coefficient (Wildman–Crippen LogP) is 5.10. The zero-order chi connectivity index (χ0) is 16.8. The van der Waals surface area contributed by atoms with Crippen molar-refractivity contribution in [2.24, 2.45) is 0 Å². The number of hydrogen-bond donors (Lipinski definition) is 1. The lowest BCUT2D eigenvalue weighted by atomic mass is 10.2. The van der Waals surface area contributed by atoms with Gasteiger partial charge in [-0.15, -0.1) is 0 Å². The highest BCUT2D eigenvalue weighted by molar-refractivity contribution is 14.1. The fourth-order valence-electron chi connectivity index (χ4n) is 2.02. The summed E-state index contributed by atoms with van der Waals surface area (Å²) >= 11 is 5.54. The molecule has 0 saturated heterocycles. The summed E-state index contributed by atoms with van der Waals surface area (Å²) in [6, 6.07) is 11.0. The molecule has 0 aliphatic rings. The van der Waals surface area contributed by atoms with Crippen molar-refractivity contribution in [3.05, 3.63) is 50.0 Å². The molecule has 23 heavy (non-hydrogen) atoms. The molecule has 6 heteroatoms. The molecule has 0 spiro atoms. The highest BCUT2D eigenvalue weighted by Gasteiger charge is 2.16. The normalized spacial score (nSPS) is 10.3. The largest absolute Gasteiger partial charge is 0.490 e. The number of amides is 1. The van der Waals surface area contributed by atoms with Gasteiger partial charge in [-0.25, -0.2) is 0 Å². The third-order valence-electron chi connectivity index (χ3n) is 2.94. The maximum absolute atomic E-state index is 12.5. The van der Waals surface area contributed by atoms with Gasteiger partial charge in [-0.1, -0.05) is 22.0 Å². The molecule has 122 valence electrons. The van der Waals surface area contributed by atoms with Crippen LogP contribution in [0.15, 0.2) is 40.9 Å². The molecule has 0 atom stereocenters. The number of rotatable bonds is 6. The van der Waals surface area contributed by atoms with E-state index in [1.807, 2.05) is 38.1 Å². The molecule has 2 rings (SSSR count). The van der Waals surface area contributed by atoms with Crippen LogP contribution in [0.5, 0.6) is 11.5 Å². The molecule has 0 saturated carbocycles. The summed E-state index contributed by atoms with van der Waals surface area (Å²) in [5.74, 6) is 1.07. The molecular weight excluding hydrogens is 473 g/mol. The van der Waals surface area contributed by atoms with Gasteiger partial charge in [0.15, 0.2) is 11.5 Å². The first-order chi connectivity index (χ1) is 11.0. The molecule has 1 amide bonds. The van der Waals surface area contributed by atoms with Crippen LogP contribution in [0.4, 0.5) is 5.69 Å². The van der Waals surface area contributed by atoms with Crippen LogP contribution in [-0.4, -0.2) is 19.1 Å². The molecule has 0 aliphatic carbocycles. The standard InChI is InChI=1S/C17H17BrINO3/c1-3-22-15-9-11(8-14(19)16(15)23-4-2)17(21)20-13-7-5-6-12(18)10-13/h5-10H,3-4H2,1-2H3,(H,20,21). The molecule has 2 aromatic rings. The summed E-state index contributed by atoms with van der Waals surface area (Å²) in [5.41, 5.74) is 1.26. The Kier molecular flexibility index (Phi) is 6.71. The smallest absolute Gasteiger partial charge is 0.255 e. The van der Waals surface area contributed by atoms with Crippen molar-refractivity contribution in [1.82, 2.24) is 0 Å². The van der Waals surface area contributed by atoms with E-state index in [1.54, 1.807) is 12.1 Å². The maximum atomic E-state index is 12.5. The first kappa shape index (κ1) is 18.1. The van der Waals surface area contributed by atoms with E-state index in [9.17, 15) is 4.79 Å². The highest BCUT2D eigenvalue weighted by Crippen LogP contribution is 2.34. The number of nitrogens with one attached hydrogen (secondary N) is 1. The average Bonchev–Trinajstić information content (AvgIpc) is 2.50. The van der Waals surface area contributed by atoms with Crippen molar-refractivity contribution in [2.75, 3.05) is 18.5 Å². The lowest BCUT2D eigenvalue weighted by Gasteiger charge is -2.14. The minimum atomic E-state index is -0.190. The number of halogens is 2. The van der Waals surface area contributed by atoms with Crippen molar-refractivity contribution < 1.29 is 14.3 Å². The lowest BCUT2D eigenvalue weighted by molar-refractivity contribution is 0.102. The second-order valence-electron chi connectivity index (χ2n) is 4.62. The van der Waals surface area contributed by atoms with E-state index in [2.05, 4.69) is 43.8 Å². The van der Waals surface area contributed by atoms with E-state index in [-0.39, 0.29) is 5.91 Å². The Morgan fingerprint density at radius 2 is 1.91 bits per heavy atom. The molecule has 0 fully saturated rings. The third kappa shape index (κ3) is 4.84. The molecule has 0 bridgehead atoms. The zero-order valence-electron chi connectivity index (χ0n) is 12.9. The third-order valence-corrected chi connectivity index (χ3v) is 4.24. The molecular formula is C17H17BrINO3. The summed E-state index contributed by atoms with van der Waals surface area (Å²) in [5, 5.41) is 2.88. The van der Waals surface area contributed by atoms with Gasteiger partial charge in [0.2, 0.25) is 0 Å². The van der Waals surface area contributed by atoms with Crippen LogP contribution < -0.4 is 14.8 Å². The Hall–Kier alpha value is -1.28. The summed E-state index contributed by atoms with van der Waals surface area (Å²) in [7, 11) is 0. The van der Waals surface area contributed by atoms with Gasteiger partial charge in [0, 0.05) is 15.7 Å². The Balaban J connectivity index is 2.29. The summed E-state index contributed by atoms with van der Waals surface area (Å²) in [6.45, 7) is 4.86. The van der Waals surface area contributed by atoms with Gasteiger partial charge in [0.25, 0.3) is 5.91 Å². The summed E-state index contributed by atoms with van der Waals surface area (Å²) < 4.78 is 13.0. The van der Waals surface area contributed by atoms with Gasteiger partial charge < -0.3 is 14.8 Å². The van der Waals surface area contributed by atoms with E-state index in [1.165, 1.54) is 0 Å². The van der Waals surface area contributed by atoms with Gasteiger partial charge in [0.05, 0.1) is 16.8 Å². The van der Waals surface area contributed by atoms with Crippen molar-refractivity contribution in [3.63, 3.8) is 0 Å². The van der Waals surface area contributed by atoms with Gasteiger partial charge in [0.1, 0.15) is 0 Å². The monoisotopic (exact) mass is 489 g/mol. The SMILES string of the molecule is CCOc1cc(C(=O)Nc2cccc(Br)c2)cc(I)c1OCC. The Morgan fingerprint density at radius 1 is 1.17 bits per heavy atom. The number of hydrogen-bond acceptors (Lipinski definition) is 3. The molecule has 0 aliphatic heterocycles. The van der Waals surface area contributed by atoms with Crippen LogP contribution in [0, 0.1) is 3.57 Å². The number of anilines is 1. The fourth-order valence-corrected chi connectivity index (χ4v) is 3.17. The van der Waals surface area contributed by atoms with Crippen LogP contribution >= 0.6 is 38.5 Å². The topological polar surface area (TPSA) is 47.6 Å². The van der Waals surface area contributed by atoms with Crippen molar-refractivity contribution >= 4 is 50.1 Å². The van der Waals surface area contributed by atoms with Crippen molar-refractivity contribution in [3.8, 4) is 11.5 Å². The van der Waals surface area contributed by atoms with Crippen LogP contribution in [0.3, 0.4) is 0 Å². The molecule has 4 nitrogen and oxygen atoms in total. The fraction of sp³-hybridized carbons (Fsp3) is 0.235. The minimum Gasteiger partial charge on any atom is -0.490 e. The minimum absolute atomic E-state index is 0.190. The number of ether oxygens (including phenoxy) is 2. The number of carbonyl (C=O) groups is 1. The van der Waals surface area contributed by atoms with Crippen molar-refractivity contribution in [2.45, 2.75) is 13.8 Å². The van der Waals surface area contributed by atoms with Gasteiger partial charge in [-0.05, 0) is 66.8 Å². The van der Waals surface area contributed by atoms with Gasteiger partial charge >= 0.3 is 0 Å². The summed E-state index contributed by atoms with van der Waals surface area (Å²) in [4.78, 5) is 12.5. The Labute approximate surface area is 157 Å². The molecule has 0 unspecified atom stereocenters. The molecule has 2 aromatic carbocycles. The van der Waals surface area contributed by atoms with Crippen molar-refractivity contribution in [1.29, 1.82) is 0 Å². The quantitative estimate of drug-likeness (QED) is 0.574. The molecule has 0 heterocycles. The Bertz CT molecular complexity index is 706. The molecule has 0 aromatic heterocycles. The zero-order valence-corrected chi connectivity index (χ0v) is 16.6. The first-order valence-electron chi connectivity index (χ1n) is 7.21. The van der Waals surface area contributed by atoms with E-state index in [0.717, 1.165) is 13.7 Å². The second kappa shape index (κ2) is 8.54. The highest BCUT2D eigenvalue weighted by atomic mass is 127. The van der Waals surface area contributed by atoms with Crippen LogP contribution in [0.1, 0.15) is 24.2 Å². The maximum Gasteiger partial charge on any atom is 0.255 e. The van der Waals surface area contributed by atoms with E-state index in [0.29, 0.717) is 30.3 Å². The molecule has 1 N–H and O–H groups in total. The van der Waals surface area contributed by atoms with E-state index in [4.69, 9.17) is 9.47 Å². The van der Waals surface area contributed by atoms with Crippen LogP contribution in [0.25, 0.3) is 0 Å². The summed E-state index contributed by atoms with van der Waals surface area (Å²) in [6.07, 6.45) is 0. The van der Waals surface area contributed by atoms with Gasteiger partial charge in [-0.2, -0.15) is 0 Å². The molecule has 0 radical (unpaired) electrons. The van der Waals surface area contributed by atoms with Gasteiger partial charge in [-0.3, -0.25) is 4.79 Å². The average molecular weight is 490 g/mol. The second-order valence-corrected chi connectivity index (χ2v) is 6.69. The first-order valence-corrected chi connectivity index (χ1v) is 9.08. The van der Waals surface area contributed by atoms with Crippen LogP contribution in [0.2, 0.25) is 0 Å². The lowest BCUT2D eigenvalue weighted by Crippen LogP contribution is -2.13.